The van der Waals surface area contributed by atoms with Crippen molar-refractivity contribution >= 4 is 28.3 Å². The van der Waals surface area contributed by atoms with E-state index >= 15 is 4.57 Å². The van der Waals surface area contributed by atoms with E-state index in [9.17, 15) is 0 Å². The molecule has 0 aromatic heterocycles. The van der Waals surface area contributed by atoms with Crippen LogP contribution in [0.25, 0.3) is 44.5 Å². The van der Waals surface area contributed by atoms with Crippen LogP contribution in [0.15, 0.2) is 158 Å². The highest BCUT2D eigenvalue weighted by atomic mass is 35.7. The first-order chi connectivity index (χ1) is 19.1. The van der Waals surface area contributed by atoms with Crippen LogP contribution in [0.2, 0.25) is 0 Å². The van der Waals surface area contributed by atoms with Gasteiger partial charge >= 0.3 is 0 Å². The third-order valence-corrected chi connectivity index (χ3v) is 10.1. The molecule has 0 spiro atoms. The van der Waals surface area contributed by atoms with E-state index in [-0.39, 0.29) is 0 Å². The minimum Gasteiger partial charge on any atom is -0.296 e. The van der Waals surface area contributed by atoms with Crippen molar-refractivity contribution < 1.29 is 4.57 Å². The fourth-order valence-electron chi connectivity index (χ4n) is 5.22. The largest absolute Gasteiger partial charge is 0.296 e. The van der Waals surface area contributed by atoms with Crippen LogP contribution >= 0.6 is 17.7 Å². The zero-order chi connectivity index (χ0) is 26.7. The van der Waals surface area contributed by atoms with Crippen molar-refractivity contribution in [2.75, 3.05) is 0 Å². The molecule has 0 radical (unpaired) electrons. The molecule has 0 atom stereocenters. The lowest BCUT2D eigenvalue weighted by atomic mass is 9.98. The lowest BCUT2D eigenvalue weighted by molar-refractivity contribution is 0.595. The van der Waals surface area contributed by atoms with E-state index in [0.29, 0.717) is 10.6 Å². The molecule has 0 saturated heterocycles. The molecule has 0 aliphatic heterocycles. The molecule has 0 aliphatic carbocycles. The molecule has 0 saturated carbocycles. The molecule has 0 fully saturated rings. The zero-order valence-electron chi connectivity index (χ0n) is 21.2. The molecular formula is C36H26ClOP. The van der Waals surface area contributed by atoms with Gasteiger partial charge in [0.15, 0.2) is 0 Å². The second kappa shape index (κ2) is 10.9. The van der Waals surface area contributed by atoms with Gasteiger partial charge in [-0.1, -0.05) is 158 Å². The van der Waals surface area contributed by atoms with Gasteiger partial charge in [0.25, 0.3) is 0 Å². The topological polar surface area (TPSA) is 17.1 Å². The maximum absolute atomic E-state index is 15.6. The quantitative estimate of drug-likeness (QED) is 0.192. The van der Waals surface area contributed by atoms with E-state index < -0.39 is 6.49 Å². The van der Waals surface area contributed by atoms with Crippen LogP contribution in [0.3, 0.4) is 0 Å². The van der Waals surface area contributed by atoms with Crippen molar-refractivity contribution in [2.24, 2.45) is 0 Å². The van der Waals surface area contributed by atoms with E-state index in [4.69, 9.17) is 11.2 Å². The lowest BCUT2D eigenvalue weighted by Crippen LogP contribution is -2.21. The highest BCUT2D eigenvalue weighted by molar-refractivity contribution is 8.01. The third kappa shape index (κ3) is 4.88. The fourth-order valence-corrected chi connectivity index (χ4v) is 8.59. The Hall–Kier alpha value is -4.16. The Kier molecular flexibility index (Phi) is 7.03. The van der Waals surface area contributed by atoms with Crippen LogP contribution in [0, 0.1) is 0 Å². The van der Waals surface area contributed by atoms with Crippen LogP contribution in [0.5, 0.6) is 0 Å². The molecule has 3 heteroatoms. The van der Waals surface area contributed by atoms with Gasteiger partial charge in [0.2, 0.25) is 6.49 Å². The first-order valence-electron chi connectivity index (χ1n) is 12.9. The summed E-state index contributed by atoms with van der Waals surface area (Å²) in [4.78, 5) is 0. The second-order valence-electron chi connectivity index (χ2n) is 9.40. The Labute approximate surface area is 234 Å². The van der Waals surface area contributed by atoms with Crippen LogP contribution in [-0.4, -0.2) is 0 Å². The molecular weight excluding hydrogens is 515 g/mol. The number of hydrogen-bond acceptors (Lipinski definition) is 1. The molecule has 6 aromatic rings. The smallest absolute Gasteiger partial charge is 0.228 e. The average molecular weight is 541 g/mol. The van der Waals surface area contributed by atoms with Crippen LogP contribution < -0.4 is 10.6 Å². The predicted molar refractivity (Wildman–Crippen MR) is 167 cm³/mol. The molecule has 1 nitrogen and oxygen atoms in total. The van der Waals surface area contributed by atoms with Gasteiger partial charge in [-0.3, -0.25) is 4.57 Å². The Morgan fingerprint density at radius 3 is 0.795 bits per heavy atom. The summed E-state index contributed by atoms with van der Waals surface area (Å²) in [7, 11) is 0. The monoisotopic (exact) mass is 540 g/mol. The molecule has 0 amide bonds. The molecule has 0 N–H and O–H groups in total. The molecule has 0 unspecified atom stereocenters. The Bertz CT molecular complexity index is 1520. The molecule has 6 aromatic carbocycles. The Morgan fingerprint density at radius 1 is 0.333 bits per heavy atom. The van der Waals surface area contributed by atoms with E-state index in [2.05, 4.69) is 0 Å². The first-order valence-corrected chi connectivity index (χ1v) is 15.5. The van der Waals surface area contributed by atoms with E-state index in [1.807, 2.05) is 158 Å². The summed E-state index contributed by atoms with van der Waals surface area (Å²) >= 11 is 7.56. The van der Waals surface area contributed by atoms with Gasteiger partial charge in [-0.15, -0.1) is 0 Å². The molecule has 0 heterocycles. The Morgan fingerprint density at radius 2 is 0.564 bits per heavy atom. The van der Waals surface area contributed by atoms with E-state index in [1.165, 1.54) is 0 Å². The zero-order valence-corrected chi connectivity index (χ0v) is 22.9. The van der Waals surface area contributed by atoms with Gasteiger partial charge in [0, 0.05) is 10.6 Å². The normalized spacial score (nSPS) is 11.3. The van der Waals surface area contributed by atoms with Gasteiger partial charge in [-0.2, -0.15) is 0 Å². The summed E-state index contributed by atoms with van der Waals surface area (Å²) in [5.74, 6) is 0. The van der Waals surface area contributed by atoms with Gasteiger partial charge in [-0.05, 0) is 55.7 Å². The van der Waals surface area contributed by atoms with Crippen molar-refractivity contribution in [3.05, 3.63) is 158 Å². The van der Waals surface area contributed by atoms with Crippen molar-refractivity contribution in [3.63, 3.8) is 0 Å². The number of rotatable bonds is 6. The predicted octanol–water partition coefficient (Wildman–Crippen LogP) is 9.82. The molecule has 39 heavy (non-hydrogen) atoms. The van der Waals surface area contributed by atoms with Gasteiger partial charge in [0.1, 0.15) is 0 Å². The molecule has 6 rings (SSSR count). The third-order valence-electron chi connectivity index (χ3n) is 6.99. The summed E-state index contributed by atoms with van der Waals surface area (Å²) in [6, 6.07) is 52.5. The average Bonchev–Trinajstić information content (AvgIpc) is 3.02. The Balaban J connectivity index is 1.72. The van der Waals surface area contributed by atoms with Crippen molar-refractivity contribution in [2.45, 2.75) is 0 Å². The SMILES string of the molecule is O=P(Cl)(c1c(-c2ccccc2)cccc1-c1ccccc1)c1c(-c2ccccc2)cccc1-c1ccccc1. The van der Waals surface area contributed by atoms with Crippen LogP contribution in [-0.2, 0) is 4.57 Å². The summed E-state index contributed by atoms with van der Waals surface area (Å²) < 4.78 is 15.6. The summed E-state index contributed by atoms with van der Waals surface area (Å²) in [5, 5.41) is 1.31. The second-order valence-corrected chi connectivity index (χ2v) is 12.8. The highest BCUT2D eigenvalue weighted by Gasteiger charge is 2.35. The van der Waals surface area contributed by atoms with Crippen molar-refractivity contribution in [1.29, 1.82) is 0 Å². The lowest BCUT2D eigenvalue weighted by Gasteiger charge is -2.25. The number of halogens is 1. The van der Waals surface area contributed by atoms with Crippen LogP contribution in [0.4, 0.5) is 0 Å². The number of hydrogen-bond donors (Lipinski definition) is 0. The van der Waals surface area contributed by atoms with Crippen molar-refractivity contribution in [1.82, 2.24) is 0 Å². The standard InChI is InChI=1S/C36H26ClOP/c37-39(38,35-31(27-15-5-1-6-16-27)23-13-24-32(35)28-17-7-2-8-18-28)36-33(29-19-9-3-10-20-29)25-14-26-34(36)30-21-11-4-12-22-30/h1-26H. The fraction of sp³-hybridized carbons (Fsp3) is 0. The molecule has 0 aliphatic rings. The minimum atomic E-state index is -3.74. The van der Waals surface area contributed by atoms with Gasteiger partial charge < -0.3 is 0 Å². The van der Waals surface area contributed by atoms with Crippen LogP contribution in [0.1, 0.15) is 0 Å². The summed E-state index contributed by atoms with van der Waals surface area (Å²) in [5.41, 5.74) is 7.40. The van der Waals surface area contributed by atoms with Gasteiger partial charge in [-0.25, -0.2) is 0 Å². The summed E-state index contributed by atoms with van der Waals surface area (Å²) in [6.07, 6.45) is 0. The molecule has 0 bridgehead atoms. The van der Waals surface area contributed by atoms with E-state index in [1.54, 1.807) is 0 Å². The number of benzene rings is 6. The minimum absolute atomic E-state index is 0.657. The summed E-state index contributed by atoms with van der Waals surface area (Å²) in [6.45, 7) is -3.74. The van der Waals surface area contributed by atoms with Gasteiger partial charge in [0.05, 0.1) is 0 Å². The molecule has 188 valence electrons. The van der Waals surface area contributed by atoms with Crippen molar-refractivity contribution in [3.8, 4) is 44.5 Å². The highest BCUT2D eigenvalue weighted by Crippen LogP contribution is 2.57. The maximum atomic E-state index is 15.6. The maximum Gasteiger partial charge on any atom is 0.228 e. The first kappa shape index (κ1) is 25.1. The van der Waals surface area contributed by atoms with E-state index in [0.717, 1.165) is 44.5 Å².